The van der Waals surface area contributed by atoms with E-state index in [1.165, 1.54) is 21.6 Å². The standard InChI is InChI=1S/C16H17NOS.ClH/c1-19-15-8-3-2-6-13(15)14-7-4-5-12-11-17-9-10-18-16(12)14;/h2-8,17H,9-11H2,1H3;1H. The van der Waals surface area contributed by atoms with Crippen molar-refractivity contribution in [3.05, 3.63) is 48.0 Å². The van der Waals surface area contributed by atoms with Gasteiger partial charge in [0.25, 0.3) is 0 Å². The average Bonchev–Trinajstić information content (AvgIpc) is 2.72. The summed E-state index contributed by atoms with van der Waals surface area (Å²) in [6.07, 6.45) is 2.11. The summed E-state index contributed by atoms with van der Waals surface area (Å²) in [5, 5.41) is 3.38. The highest BCUT2D eigenvalue weighted by atomic mass is 35.5. The third kappa shape index (κ3) is 2.95. The van der Waals surface area contributed by atoms with Crippen molar-refractivity contribution in [1.29, 1.82) is 0 Å². The van der Waals surface area contributed by atoms with E-state index in [0.717, 1.165) is 25.4 Å². The SMILES string of the molecule is CSc1ccccc1-c1cccc2c1OCCNC2.Cl. The second-order valence-electron chi connectivity index (χ2n) is 4.52. The average molecular weight is 308 g/mol. The number of fused-ring (bicyclic) bond motifs is 1. The highest BCUT2D eigenvalue weighted by Crippen LogP contribution is 2.38. The topological polar surface area (TPSA) is 21.3 Å². The molecule has 0 amide bonds. The molecule has 2 aromatic carbocycles. The number of rotatable bonds is 2. The summed E-state index contributed by atoms with van der Waals surface area (Å²) in [6.45, 7) is 2.51. The zero-order valence-electron chi connectivity index (χ0n) is 11.4. The lowest BCUT2D eigenvalue weighted by molar-refractivity contribution is 0.327. The van der Waals surface area contributed by atoms with Crippen LogP contribution in [0.5, 0.6) is 5.75 Å². The number of benzene rings is 2. The lowest BCUT2D eigenvalue weighted by Gasteiger charge is -2.14. The molecule has 0 saturated heterocycles. The van der Waals surface area contributed by atoms with E-state index >= 15 is 0 Å². The van der Waals surface area contributed by atoms with E-state index in [0.29, 0.717) is 0 Å². The van der Waals surface area contributed by atoms with Crippen LogP contribution in [-0.4, -0.2) is 19.4 Å². The van der Waals surface area contributed by atoms with Gasteiger partial charge in [0.1, 0.15) is 12.4 Å². The van der Waals surface area contributed by atoms with Crippen LogP contribution in [0.1, 0.15) is 5.56 Å². The van der Waals surface area contributed by atoms with Crippen molar-refractivity contribution in [3.8, 4) is 16.9 Å². The van der Waals surface area contributed by atoms with Crippen molar-refractivity contribution in [2.75, 3.05) is 19.4 Å². The van der Waals surface area contributed by atoms with E-state index in [1.54, 1.807) is 11.8 Å². The van der Waals surface area contributed by atoms with Gasteiger partial charge >= 0.3 is 0 Å². The van der Waals surface area contributed by atoms with Crippen molar-refractivity contribution < 1.29 is 4.74 Å². The lowest BCUT2D eigenvalue weighted by atomic mass is 10.0. The molecule has 0 aliphatic carbocycles. The molecule has 0 fully saturated rings. The molecule has 0 aromatic heterocycles. The van der Waals surface area contributed by atoms with Gasteiger partial charge in [-0.2, -0.15) is 0 Å². The van der Waals surface area contributed by atoms with Gasteiger partial charge in [-0.15, -0.1) is 24.2 Å². The number of thioether (sulfide) groups is 1. The van der Waals surface area contributed by atoms with Crippen LogP contribution in [0.4, 0.5) is 0 Å². The Bertz CT molecular complexity index is 588. The Morgan fingerprint density at radius 2 is 1.85 bits per heavy atom. The summed E-state index contributed by atoms with van der Waals surface area (Å²) in [4.78, 5) is 1.29. The van der Waals surface area contributed by atoms with Gasteiger partial charge in [-0.25, -0.2) is 0 Å². The summed E-state index contributed by atoms with van der Waals surface area (Å²) in [5.41, 5.74) is 3.70. The van der Waals surface area contributed by atoms with Crippen LogP contribution in [-0.2, 0) is 6.54 Å². The first-order chi connectivity index (χ1) is 9.40. The maximum absolute atomic E-state index is 5.96. The fourth-order valence-electron chi connectivity index (χ4n) is 2.42. The van der Waals surface area contributed by atoms with Gasteiger partial charge in [-0.1, -0.05) is 36.4 Å². The minimum Gasteiger partial charge on any atom is -0.491 e. The van der Waals surface area contributed by atoms with Gasteiger partial charge in [0.05, 0.1) is 0 Å². The maximum Gasteiger partial charge on any atom is 0.131 e. The quantitative estimate of drug-likeness (QED) is 0.848. The van der Waals surface area contributed by atoms with E-state index in [1.807, 2.05) is 0 Å². The molecule has 0 atom stereocenters. The number of ether oxygens (including phenoxy) is 1. The minimum atomic E-state index is 0. The van der Waals surface area contributed by atoms with E-state index < -0.39 is 0 Å². The van der Waals surface area contributed by atoms with Crippen molar-refractivity contribution in [2.24, 2.45) is 0 Å². The van der Waals surface area contributed by atoms with Gasteiger partial charge < -0.3 is 10.1 Å². The van der Waals surface area contributed by atoms with Crippen LogP contribution in [0.25, 0.3) is 11.1 Å². The summed E-state index contributed by atoms with van der Waals surface area (Å²) in [7, 11) is 0. The van der Waals surface area contributed by atoms with Crippen molar-refractivity contribution in [3.63, 3.8) is 0 Å². The minimum absolute atomic E-state index is 0. The van der Waals surface area contributed by atoms with E-state index in [9.17, 15) is 0 Å². The van der Waals surface area contributed by atoms with Gasteiger partial charge in [-0.3, -0.25) is 0 Å². The van der Waals surface area contributed by atoms with Gasteiger partial charge in [0, 0.05) is 29.1 Å². The van der Waals surface area contributed by atoms with Crippen molar-refractivity contribution in [2.45, 2.75) is 11.4 Å². The molecule has 0 spiro atoms. The fraction of sp³-hybridized carbons (Fsp3) is 0.250. The molecule has 20 heavy (non-hydrogen) atoms. The molecular weight excluding hydrogens is 290 g/mol. The first kappa shape index (κ1) is 15.2. The molecule has 2 nitrogen and oxygen atoms in total. The van der Waals surface area contributed by atoms with Crippen LogP contribution in [0.3, 0.4) is 0 Å². The number of nitrogens with one attached hydrogen (secondary N) is 1. The summed E-state index contributed by atoms with van der Waals surface area (Å²) < 4.78 is 5.96. The fourth-order valence-corrected chi connectivity index (χ4v) is 3.03. The van der Waals surface area contributed by atoms with Gasteiger partial charge in [0.2, 0.25) is 0 Å². The monoisotopic (exact) mass is 307 g/mol. The Kier molecular flexibility index (Phi) is 5.35. The molecule has 0 unspecified atom stereocenters. The smallest absolute Gasteiger partial charge is 0.131 e. The number of hydrogen-bond acceptors (Lipinski definition) is 3. The van der Waals surface area contributed by atoms with Crippen LogP contribution in [0.2, 0.25) is 0 Å². The second kappa shape index (κ2) is 7.02. The van der Waals surface area contributed by atoms with Crippen molar-refractivity contribution in [1.82, 2.24) is 5.32 Å². The zero-order chi connectivity index (χ0) is 13.1. The summed E-state index contributed by atoms with van der Waals surface area (Å²) in [5.74, 6) is 1.04. The largest absolute Gasteiger partial charge is 0.491 e. The lowest BCUT2D eigenvalue weighted by Crippen LogP contribution is -2.16. The summed E-state index contributed by atoms with van der Waals surface area (Å²) in [6, 6.07) is 14.9. The van der Waals surface area contributed by atoms with Crippen LogP contribution < -0.4 is 10.1 Å². The summed E-state index contributed by atoms with van der Waals surface area (Å²) >= 11 is 1.77. The third-order valence-electron chi connectivity index (χ3n) is 3.33. The van der Waals surface area contributed by atoms with Crippen LogP contribution in [0.15, 0.2) is 47.4 Å². The molecule has 4 heteroatoms. The first-order valence-corrected chi connectivity index (χ1v) is 7.71. The Hall–Kier alpha value is -1.16. The molecule has 0 radical (unpaired) electrons. The Morgan fingerprint density at radius 3 is 2.70 bits per heavy atom. The Labute approximate surface area is 130 Å². The van der Waals surface area contributed by atoms with Crippen molar-refractivity contribution >= 4 is 24.2 Å². The van der Waals surface area contributed by atoms with Crippen LogP contribution >= 0.6 is 24.2 Å². The number of halogens is 1. The second-order valence-corrected chi connectivity index (χ2v) is 5.37. The molecule has 1 N–H and O–H groups in total. The highest BCUT2D eigenvalue weighted by Gasteiger charge is 2.15. The maximum atomic E-state index is 5.96. The predicted molar refractivity (Wildman–Crippen MR) is 88.1 cm³/mol. The van der Waals surface area contributed by atoms with E-state index in [2.05, 4.69) is 54.0 Å². The first-order valence-electron chi connectivity index (χ1n) is 6.49. The predicted octanol–water partition coefficient (Wildman–Crippen LogP) is 3.98. The molecule has 1 aliphatic heterocycles. The normalized spacial score (nSPS) is 13.7. The Morgan fingerprint density at radius 1 is 1.05 bits per heavy atom. The number of hydrogen-bond donors (Lipinski definition) is 1. The molecule has 106 valence electrons. The zero-order valence-corrected chi connectivity index (χ0v) is 13.0. The highest BCUT2D eigenvalue weighted by molar-refractivity contribution is 7.98. The number of para-hydroxylation sites is 1. The molecule has 2 aromatic rings. The van der Waals surface area contributed by atoms with E-state index in [4.69, 9.17) is 4.74 Å². The Balaban J connectivity index is 0.00000147. The molecule has 1 aliphatic rings. The van der Waals surface area contributed by atoms with Crippen LogP contribution in [0, 0.1) is 0 Å². The van der Waals surface area contributed by atoms with Gasteiger partial charge in [-0.05, 0) is 17.9 Å². The van der Waals surface area contributed by atoms with E-state index in [-0.39, 0.29) is 12.4 Å². The third-order valence-corrected chi connectivity index (χ3v) is 4.13. The molecule has 3 rings (SSSR count). The molecular formula is C16H18ClNOS. The van der Waals surface area contributed by atoms with Gasteiger partial charge in [0.15, 0.2) is 0 Å². The molecule has 0 saturated carbocycles. The molecule has 1 heterocycles. The molecule has 0 bridgehead atoms.